The zero-order chi connectivity index (χ0) is 21.1. The number of carboxylic acids is 1. The molecule has 0 unspecified atom stereocenters. The van der Waals surface area contributed by atoms with Crippen LogP contribution in [0.25, 0.3) is 0 Å². The van der Waals surface area contributed by atoms with Crippen LogP contribution >= 0.6 is 0 Å². The zero-order valence-corrected chi connectivity index (χ0v) is 16.3. The van der Waals surface area contributed by atoms with E-state index >= 15 is 0 Å². The molecule has 0 spiro atoms. The molecule has 1 heterocycles. The van der Waals surface area contributed by atoms with E-state index in [0.29, 0.717) is 22.9 Å². The second-order valence-electron chi connectivity index (χ2n) is 7.37. The molecule has 0 aromatic heterocycles. The molecule has 0 saturated carbocycles. The Morgan fingerprint density at radius 1 is 1.21 bits per heavy atom. The number of piperidine rings is 1. The van der Waals surface area contributed by atoms with Crippen LogP contribution < -0.4 is 10.2 Å². The molecule has 8 nitrogen and oxygen atoms in total. The van der Waals surface area contributed by atoms with Crippen LogP contribution in [0.15, 0.2) is 36.4 Å². The number of carboxylic acid groups (broad SMARTS) is 1. The standard InChI is InChI=1S/C21H23N3O5/c1-13-8-10-23(11-9-13)18-7-6-15(12-19(18)24(28)29)20(25)22-17-5-3-4-16(14(17)2)21(26)27/h3-7,12-13H,8-11H2,1-2H3,(H,22,25)(H,26,27). The molecule has 152 valence electrons. The maximum absolute atomic E-state index is 12.7. The molecule has 1 saturated heterocycles. The third-order valence-corrected chi connectivity index (χ3v) is 5.37. The van der Waals surface area contributed by atoms with E-state index in [1.165, 1.54) is 18.2 Å². The van der Waals surface area contributed by atoms with Gasteiger partial charge in [0, 0.05) is 30.4 Å². The first-order valence-electron chi connectivity index (χ1n) is 9.45. The summed E-state index contributed by atoms with van der Waals surface area (Å²) in [7, 11) is 0. The van der Waals surface area contributed by atoms with Crippen molar-refractivity contribution in [3.05, 3.63) is 63.2 Å². The van der Waals surface area contributed by atoms with Gasteiger partial charge in [-0.15, -0.1) is 0 Å². The van der Waals surface area contributed by atoms with Gasteiger partial charge >= 0.3 is 5.97 Å². The molecule has 0 bridgehead atoms. The van der Waals surface area contributed by atoms with Crippen molar-refractivity contribution in [1.29, 1.82) is 0 Å². The highest BCUT2D eigenvalue weighted by atomic mass is 16.6. The fourth-order valence-electron chi connectivity index (χ4n) is 3.53. The maximum atomic E-state index is 12.7. The Labute approximate surface area is 168 Å². The number of nitro groups is 1. The number of rotatable bonds is 5. The van der Waals surface area contributed by atoms with E-state index in [0.717, 1.165) is 25.9 Å². The van der Waals surface area contributed by atoms with Gasteiger partial charge in [0.15, 0.2) is 0 Å². The van der Waals surface area contributed by atoms with Crippen LogP contribution in [-0.4, -0.2) is 35.0 Å². The molecule has 0 radical (unpaired) electrons. The van der Waals surface area contributed by atoms with Crippen LogP contribution in [0.3, 0.4) is 0 Å². The molecule has 0 atom stereocenters. The molecular weight excluding hydrogens is 374 g/mol. The molecule has 0 aliphatic carbocycles. The Balaban J connectivity index is 1.87. The molecule has 1 fully saturated rings. The number of aromatic carboxylic acids is 1. The van der Waals surface area contributed by atoms with E-state index in [-0.39, 0.29) is 16.8 Å². The highest BCUT2D eigenvalue weighted by molar-refractivity contribution is 6.06. The Kier molecular flexibility index (Phi) is 5.81. The van der Waals surface area contributed by atoms with Crippen LogP contribution in [-0.2, 0) is 0 Å². The number of nitro benzene ring substituents is 1. The monoisotopic (exact) mass is 397 g/mol. The Morgan fingerprint density at radius 3 is 2.52 bits per heavy atom. The van der Waals surface area contributed by atoms with Gasteiger partial charge in [0.05, 0.1) is 10.5 Å². The molecular formula is C21H23N3O5. The second kappa shape index (κ2) is 8.30. The number of hydrogen-bond acceptors (Lipinski definition) is 5. The minimum atomic E-state index is -1.09. The summed E-state index contributed by atoms with van der Waals surface area (Å²) in [5.41, 5.74) is 1.41. The molecule has 29 heavy (non-hydrogen) atoms. The van der Waals surface area contributed by atoms with E-state index in [1.807, 2.05) is 4.90 Å². The number of carbonyl (C=O) groups excluding carboxylic acids is 1. The quantitative estimate of drug-likeness (QED) is 0.580. The molecule has 1 aliphatic heterocycles. The van der Waals surface area contributed by atoms with Crippen LogP contribution in [0.4, 0.5) is 17.1 Å². The summed E-state index contributed by atoms with van der Waals surface area (Å²) < 4.78 is 0. The topological polar surface area (TPSA) is 113 Å². The van der Waals surface area contributed by atoms with Gasteiger partial charge in [0.1, 0.15) is 5.69 Å². The average Bonchev–Trinajstić information content (AvgIpc) is 2.69. The first kappa shape index (κ1) is 20.3. The van der Waals surface area contributed by atoms with Crippen molar-refractivity contribution in [3.63, 3.8) is 0 Å². The lowest BCUT2D eigenvalue weighted by Crippen LogP contribution is -2.33. The lowest BCUT2D eigenvalue weighted by Gasteiger charge is -2.31. The largest absolute Gasteiger partial charge is 0.478 e. The van der Waals surface area contributed by atoms with Crippen molar-refractivity contribution in [2.45, 2.75) is 26.7 Å². The number of hydrogen-bond donors (Lipinski definition) is 2. The van der Waals surface area contributed by atoms with Crippen molar-refractivity contribution in [2.24, 2.45) is 5.92 Å². The first-order chi connectivity index (χ1) is 13.8. The van der Waals surface area contributed by atoms with E-state index in [1.54, 1.807) is 25.1 Å². The number of benzene rings is 2. The average molecular weight is 397 g/mol. The lowest BCUT2D eigenvalue weighted by molar-refractivity contribution is -0.384. The molecule has 2 aromatic rings. The van der Waals surface area contributed by atoms with E-state index in [4.69, 9.17) is 0 Å². The zero-order valence-electron chi connectivity index (χ0n) is 16.3. The number of anilines is 2. The summed E-state index contributed by atoms with van der Waals surface area (Å²) in [5, 5.41) is 23.5. The molecule has 8 heteroatoms. The highest BCUT2D eigenvalue weighted by Crippen LogP contribution is 2.32. The third kappa shape index (κ3) is 4.37. The third-order valence-electron chi connectivity index (χ3n) is 5.37. The predicted molar refractivity (Wildman–Crippen MR) is 110 cm³/mol. The molecule has 2 aromatic carbocycles. The summed E-state index contributed by atoms with van der Waals surface area (Å²) in [6.45, 7) is 5.26. The predicted octanol–water partition coefficient (Wildman–Crippen LogP) is 4.09. The van der Waals surface area contributed by atoms with Crippen LogP contribution in [0.5, 0.6) is 0 Å². The van der Waals surface area contributed by atoms with Crippen molar-refractivity contribution in [2.75, 3.05) is 23.3 Å². The lowest BCUT2D eigenvalue weighted by atomic mass is 9.98. The minimum absolute atomic E-state index is 0.0865. The maximum Gasteiger partial charge on any atom is 0.336 e. The number of carbonyl (C=O) groups is 2. The minimum Gasteiger partial charge on any atom is -0.478 e. The van der Waals surface area contributed by atoms with Gasteiger partial charge in [-0.25, -0.2) is 4.79 Å². The number of nitrogens with one attached hydrogen (secondary N) is 1. The molecule has 1 amide bonds. The number of nitrogens with zero attached hydrogens (tertiary/aromatic N) is 2. The molecule has 1 aliphatic rings. The van der Waals surface area contributed by atoms with Crippen LogP contribution in [0.1, 0.15) is 46.0 Å². The molecule has 3 rings (SSSR count). The molecule has 2 N–H and O–H groups in total. The van der Waals surface area contributed by atoms with E-state index < -0.39 is 16.8 Å². The van der Waals surface area contributed by atoms with Crippen molar-refractivity contribution < 1.29 is 19.6 Å². The summed E-state index contributed by atoms with van der Waals surface area (Å²) in [6.07, 6.45) is 1.94. The van der Waals surface area contributed by atoms with E-state index in [2.05, 4.69) is 12.2 Å². The normalized spacial score (nSPS) is 14.5. The van der Waals surface area contributed by atoms with Gasteiger partial charge in [-0.3, -0.25) is 14.9 Å². The van der Waals surface area contributed by atoms with Gasteiger partial charge in [0.25, 0.3) is 11.6 Å². The van der Waals surface area contributed by atoms with Crippen LogP contribution in [0, 0.1) is 23.0 Å². The van der Waals surface area contributed by atoms with Crippen LogP contribution in [0.2, 0.25) is 0 Å². The van der Waals surface area contributed by atoms with Crippen molar-refractivity contribution in [3.8, 4) is 0 Å². The fourth-order valence-corrected chi connectivity index (χ4v) is 3.53. The van der Waals surface area contributed by atoms with Gasteiger partial charge in [-0.1, -0.05) is 13.0 Å². The second-order valence-corrected chi connectivity index (χ2v) is 7.37. The van der Waals surface area contributed by atoms with Crippen molar-refractivity contribution in [1.82, 2.24) is 0 Å². The summed E-state index contributed by atoms with van der Waals surface area (Å²) in [5.74, 6) is -1.02. The first-order valence-corrected chi connectivity index (χ1v) is 9.45. The van der Waals surface area contributed by atoms with Gasteiger partial charge in [0.2, 0.25) is 0 Å². The Hall–Kier alpha value is -3.42. The Bertz CT molecular complexity index is 965. The SMILES string of the molecule is Cc1c(NC(=O)c2ccc(N3CCC(C)CC3)c([N+](=O)[O-])c2)cccc1C(=O)O. The van der Waals surface area contributed by atoms with Gasteiger partial charge in [-0.2, -0.15) is 0 Å². The summed E-state index contributed by atoms with van der Waals surface area (Å²) >= 11 is 0. The summed E-state index contributed by atoms with van der Waals surface area (Å²) in [6, 6.07) is 9.04. The van der Waals surface area contributed by atoms with Crippen molar-refractivity contribution >= 4 is 28.9 Å². The van der Waals surface area contributed by atoms with Gasteiger partial charge in [-0.05, 0) is 55.5 Å². The smallest absolute Gasteiger partial charge is 0.336 e. The highest BCUT2D eigenvalue weighted by Gasteiger charge is 2.25. The van der Waals surface area contributed by atoms with E-state index in [9.17, 15) is 24.8 Å². The Morgan fingerprint density at radius 2 is 1.90 bits per heavy atom. The van der Waals surface area contributed by atoms with Gasteiger partial charge < -0.3 is 15.3 Å². The number of amides is 1. The summed E-state index contributed by atoms with van der Waals surface area (Å²) in [4.78, 5) is 37.1. The fraction of sp³-hybridized carbons (Fsp3) is 0.333.